The summed E-state index contributed by atoms with van der Waals surface area (Å²) in [6, 6.07) is 5.76. The number of carbonyl (C=O) groups excluding carboxylic acids is 1. The Hall–Kier alpha value is -1.41. The zero-order valence-corrected chi connectivity index (χ0v) is 14.4. The van der Waals surface area contributed by atoms with Gasteiger partial charge in [-0.25, -0.2) is 12.8 Å². The van der Waals surface area contributed by atoms with Crippen molar-refractivity contribution in [3.63, 3.8) is 0 Å². The molecule has 8 heteroatoms. The molecule has 0 radical (unpaired) electrons. The van der Waals surface area contributed by atoms with Crippen LogP contribution in [0.2, 0.25) is 0 Å². The van der Waals surface area contributed by atoms with E-state index in [1.165, 1.54) is 17.8 Å². The maximum atomic E-state index is 14.2. The summed E-state index contributed by atoms with van der Waals surface area (Å²) in [4.78, 5) is 17.7. The van der Waals surface area contributed by atoms with Crippen molar-refractivity contribution in [2.75, 3.05) is 16.4 Å². The number of thioether (sulfide) groups is 1. The minimum Gasteiger partial charge on any atom is -0.313 e. The second-order valence-corrected chi connectivity index (χ2v) is 9.37. The standard InChI is InChI=1S/C15H17FN2O3S2/c1-9(2)14(19)17-15-18(11-6-4-3-5-10(11)16)12-7-23(20,21)8-13(12)22-15/h3-6,9,12-13H,7-8H2,1-2H3/t12-,13-/m0/s1. The number of rotatable bonds is 2. The molecular formula is C15H17FN2O3S2. The molecule has 2 aliphatic heterocycles. The monoisotopic (exact) mass is 356 g/mol. The number of nitrogens with zero attached hydrogens (tertiary/aromatic N) is 2. The summed E-state index contributed by atoms with van der Waals surface area (Å²) in [5.74, 6) is -1.04. The number of carbonyl (C=O) groups is 1. The lowest BCUT2D eigenvalue weighted by molar-refractivity contribution is -0.120. The fraction of sp³-hybridized carbons (Fsp3) is 0.467. The number of halogens is 1. The van der Waals surface area contributed by atoms with Gasteiger partial charge in [-0.15, -0.1) is 0 Å². The first-order chi connectivity index (χ1) is 10.8. The highest BCUT2D eigenvalue weighted by Crippen LogP contribution is 2.41. The van der Waals surface area contributed by atoms with Gasteiger partial charge in [-0.2, -0.15) is 4.99 Å². The molecule has 2 fully saturated rings. The Labute approximate surface area is 138 Å². The molecule has 2 saturated heterocycles. The number of amides is 1. The van der Waals surface area contributed by atoms with Crippen molar-refractivity contribution in [2.24, 2.45) is 10.9 Å². The van der Waals surface area contributed by atoms with Gasteiger partial charge in [0.2, 0.25) is 0 Å². The van der Waals surface area contributed by atoms with Crippen LogP contribution >= 0.6 is 11.8 Å². The average molecular weight is 356 g/mol. The van der Waals surface area contributed by atoms with E-state index in [1.807, 2.05) is 0 Å². The van der Waals surface area contributed by atoms with E-state index in [0.29, 0.717) is 5.17 Å². The number of aliphatic imine (C=N–C) groups is 1. The van der Waals surface area contributed by atoms with Crippen LogP contribution in [-0.4, -0.2) is 42.3 Å². The molecule has 0 spiro atoms. The maximum Gasteiger partial charge on any atom is 0.250 e. The molecule has 1 aromatic rings. The second kappa shape index (κ2) is 5.90. The Balaban J connectivity index is 2.05. The van der Waals surface area contributed by atoms with Gasteiger partial charge in [0.1, 0.15) is 5.82 Å². The molecule has 1 aromatic carbocycles. The van der Waals surface area contributed by atoms with E-state index in [9.17, 15) is 17.6 Å². The summed E-state index contributed by atoms with van der Waals surface area (Å²) in [7, 11) is -3.15. The Morgan fingerprint density at radius 3 is 2.70 bits per heavy atom. The average Bonchev–Trinajstić information content (AvgIpc) is 2.91. The van der Waals surface area contributed by atoms with Gasteiger partial charge < -0.3 is 4.90 Å². The van der Waals surface area contributed by atoms with Crippen molar-refractivity contribution in [1.82, 2.24) is 0 Å². The van der Waals surface area contributed by atoms with Crippen molar-refractivity contribution in [3.8, 4) is 0 Å². The molecule has 2 aliphatic rings. The lowest BCUT2D eigenvalue weighted by Crippen LogP contribution is -2.38. The predicted octanol–water partition coefficient (Wildman–Crippen LogP) is 2.08. The van der Waals surface area contributed by atoms with Gasteiger partial charge in [-0.05, 0) is 12.1 Å². The summed E-state index contributed by atoms with van der Waals surface area (Å²) in [6.07, 6.45) is 0. The smallest absolute Gasteiger partial charge is 0.250 e. The maximum absolute atomic E-state index is 14.2. The van der Waals surface area contributed by atoms with Crippen LogP contribution in [0.1, 0.15) is 13.8 Å². The topological polar surface area (TPSA) is 66.8 Å². The molecule has 0 bridgehead atoms. The van der Waals surface area contributed by atoms with Crippen molar-refractivity contribution >= 4 is 38.4 Å². The molecule has 2 heterocycles. The number of hydrogen-bond acceptors (Lipinski definition) is 4. The highest BCUT2D eigenvalue weighted by molar-refractivity contribution is 8.16. The number of para-hydroxylation sites is 1. The Kier molecular flexibility index (Phi) is 4.22. The normalized spacial score (nSPS) is 27.7. The zero-order valence-electron chi connectivity index (χ0n) is 12.8. The second-order valence-electron chi connectivity index (χ2n) is 6.01. The first-order valence-electron chi connectivity index (χ1n) is 7.32. The lowest BCUT2D eigenvalue weighted by Gasteiger charge is -2.24. The van der Waals surface area contributed by atoms with E-state index in [0.717, 1.165) is 0 Å². The molecule has 1 amide bonds. The van der Waals surface area contributed by atoms with E-state index in [2.05, 4.69) is 4.99 Å². The first-order valence-corrected chi connectivity index (χ1v) is 10.0. The summed E-state index contributed by atoms with van der Waals surface area (Å²) >= 11 is 1.25. The molecule has 0 aromatic heterocycles. The minimum absolute atomic E-state index is 0.0299. The van der Waals surface area contributed by atoms with Crippen molar-refractivity contribution in [1.29, 1.82) is 0 Å². The molecule has 23 heavy (non-hydrogen) atoms. The van der Waals surface area contributed by atoms with Gasteiger partial charge in [0.25, 0.3) is 5.91 Å². The molecule has 3 rings (SSSR count). The minimum atomic E-state index is -3.15. The summed E-state index contributed by atoms with van der Waals surface area (Å²) in [5.41, 5.74) is 0.264. The number of hydrogen-bond donors (Lipinski definition) is 0. The number of sulfone groups is 1. The quantitative estimate of drug-likeness (QED) is 0.812. The van der Waals surface area contributed by atoms with Crippen LogP contribution < -0.4 is 4.90 Å². The Bertz CT molecular complexity index is 777. The third kappa shape index (κ3) is 3.14. The predicted molar refractivity (Wildman–Crippen MR) is 90.0 cm³/mol. The largest absolute Gasteiger partial charge is 0.313 e. The molecule has 2 atom stereocenters. The fourth-order valence-corrected chi connectivity index (χ4v) is 6.63. The van der Waals surface area contributed by atoms with Crippen LogP contribution in [0.3, 0.4) is 0 Å². The van der Waals surface area contributed by atoms with Crippen LogP contribution in [0.5, 0.6) is 0 Å². The Morgan fingerprint density at radius 2 is 2.04 bits per heavy atom. The molecule has 0 aliphatic carbocycles. The van der Waals surface area contributed by atoms with Crippen molar-refractivity contribution in [3.05, 3.63) is 30.1 Å². The Morgan fingerprint density at radius 1 is 1.35 bits per heavy atom. The third-order valence-corrected chi connectivity index (χ3v) is 7.09. The van der Waals surface area contributed by atoms with E-state index in [-0.39, 0.29) is 40.3 Å². The van der Waals surface area contributed by atoms with Crippen molar-refractivity contribution < 1.29 is 17.6 Å². The molecule has 124 valence electrons. The van der Waals surface area contributed by atoms with Gasteiger partial charge in [0.15, 0.2) is 15.0 Å². The zero-order chi connectivity index (χ0) is 16.8. The molecule has 0 saturated carbocycles. The number of benzene rings is 1. The van der Waals surface area contributed by atoms with Gasteiger partial charge in [-0.1, -0.05) is 37.7 Å². The summed E-state index contributed by atoms with van der Waals surface area (Å²) in [5, 5.41) is 0.164. The van der Waals surface area contributed by atoms with Gasteiger partial charge in [0, 0.05) is 11.2 Å². The van der Waals surface area contributed by atoms with E-state index in [4.69, 9.17) is 0 Å². The first kappa shape index (κ1) is 16.4. The van der Waals surface area contributed by atoms with Gasteiger partial charge in [0.05, 0.1) is 23.2 Å². The van der Waals surface area contributed by atoms with E-state index in [1.54, 1.807) is 36.9 Å². The number of anilines is 1. The van der Waals surface area contributed by atoms with E-state index < -0.39 is 15.7 Å². The molecule has 0 N–H and O–H groups in total. The molecule has 5 nitrogen and oxygen atoms in total. The van der Waals surface area contributed by atoms with Gasteiger partial charge >= 0.3 is 0 Å². The van der Waals surface area contributed by atoms with Crippen LogP contribution in [0.25, 0.3) is 0 Å². The highest BCUT2D eigenvalue weighted by Gasteiger charge is 2.49. The summed E-state index contributed by atoms with van der Waals surface area (Å²) < 4.78 is 38.0. The summed E-state index contributed by atoms with van der Waals surface area (Å²) in [6.45, 7) is 3.48. The third-order valence-electron chi connectivity index (χ3n) is 3.88. The molecule has 0 unspecified atom stereocenters. The van der Waals surface area contributed by atoms with Crippen LogP contribution in [-0.2, 0) is 14.6 Å². The SMILES string of the molecule is CC(C)C(=O)N=C1S[C@H]2CS(=O)(=O)C[C@@H]2N1c1ccccc1F. The van der Waals surface area contributed by atoms with Crippen LogP contribution in [0, 0.1) is 11.7 Å². The van der Waals surface area contributed by atoms with Gasteiger partial charge in [-0.3, -0.25) is 4.79 Å². The van der Waals surface area contributed by atoms with Crippen molar-refractivity contribution in [2.45, 2.75) is 25.1 Å². The van der Waals surface area contributed by atoms with Crippen LogP contribution in [0.15, 0.2) is 29.3 Å². The van der Waals surface area contributed by atoms with Crippen LogP contribution in [0.4, 0.5) is 10.1 Å². The number of amidine groups is 1. The molecular weight excluding hydrogens is 339 g/mol. The highest BCUT2D eigenvalue weighted by atomic mass is 32.2. The number of fused-ring (bicyclic) bond motifs is 1. The fourth-order valence-electron chi connectivity index (χ4n) is 2.72. The van der Waals surface area contributed by atoms with E-state index >= 15 is 0 Å². The lowest BCUT2D eigenvalue weighted by atomic mass is 10.2.